The minimum Gasteiger partial charge on any atom is -0.469 e. The number of hydrogen-bond donors (Lipinski definition) is 1. The van der Waals surface area contributed by atoms with Crippen molar-refractivity contribution in [3.8, 4) is 0 Å². The van der Waals surface area contributed by atoms with Crippen LogP contribution in [-0.4, -0.2) is 73.7 Å². The maximum Gasteiger partial charge on any atom is 0.338 e. The first kappa shape index (κ1) is 28.7. The van der Waals surface area contributed by atoms with Crippen molar-refractivity contribution in [2.45, 2.75) is 44.8 Å². The highest BCUT2D eigenvalue weighted by molar-refractivity contribution is 7.11. The molecule has 2 aromatic rings. The van der Waals surface area contributed by atoms with E-state index < -0.39 is 17.8 Å². The molecule has 2 saturated heterocycles. The van der Waals surface area contributed by atoms with Crippen LogP contribution >= 0.6 is 22.9 Å². The normalized spacial score (nSPS) is 28.8. The number of ether oxygens (including phenoxy) is 3. The zero-order valence-electron chi connectivity index (χ0n) is 22.8. The van der Waals surface area contributed by atoms with Crippen molar-refractivity contribution in [1.29, 1.82) is 0 Å². The van der Waals surface area contributed by atoms with Crippen LogP contribution in [0.2, 0.25) is 5.02 Å². The highest BCUT2D eigenvalue weighted by Gasteiger charge is 2.68. The maximum absolute atomic E-state index is 13.9. The lowest BCUT2D eigenvalue weighted by molar-refractivity contribution is -0.145. The average molecular weight is 591 g/mol. The Labute approximate surface area is 241 Å². The first-order valence-corrected chi connectivity index (χ1v) is 14.5. The summed E-state index contributed by atoms with van der Waals surface area (Å²) in [7, 11) is 2.73. The minimum atomic E-state index is -0.831. The van der Waals surface area contributed by atoms with Crippen LogP contribution in [0.5, 0.6) is 0 Å². The molecule has 40 heavy (non-hydrogen) atoms. The van der Waals surface area contributed by atoms with Gasteiger partial charge in [-0.3, -0.25) is 14.7 Å². The van der Waals surface area contributed by atoms with Crippen LogP contribution in [-0.2, 0) is 23.8 Å². The molecular weight excluding hydrogens is 559 g/mol. The number of esters is 2. The number of carbonyl (C=O) groups excluding carboxylic acids is 2. The number of rotatable bonds is 6. The third-order valence-corrected chi connectivity index (χ3v) is 9.31. The summed E-state index contributed by atoms with van der Waals surface area (Å²) >= 11 is 7.86. The molecule has 1 aromatic heterocycles. The zero-order valence-corrected chi connectivity index (χ0v) is 24.4. The molecule has 0 bridgehead atoms. The summed E-state index contributed by atoms with van der Waals surface area (Å²) in [4.78, 5) is 37.1. The van der Waals surface area contributed by atoms with Crippen molar-refractivity contribution < 1.29 is 28.2 Å². The van der Waals surface area contributed by atoms with Gasteiger partial charge >= 0.3 is 11.9 Å². The Hall–Kier alpha value is -2.86. The van der Waals surface area contributed by atoms with E-state index in [1.54, 1.807) is 6.20 Å². The molecule has 12 heteroatoms. The van der Waals surface area contributed by atoms with Crippen molar-refractivity contribution in [3.05, 3.63) is 62.5 Å². The zero-order chi connectivity index (χ0) is 28.6. The summed E-state index contributed by atoms with van der Waals surface area (Å²) in [5, 5.41) is 5.97. The molecule has 1 saturated carbocycles. The van der Waals surface area contributed by atoms with Crippen LogP contribution in [0.4, 0.5) is 4.39 Å². The third kappa shape index (κ3) is 4.72. The molecule has 4 unspecified atom stereocenters. The number of benzene rings is 1. The largest absolute Gasteiger partial charge is 0.469 e. The van der Waals surface area contributed by atoms with Crippen LogP contribution < -0.4 is 5.32 Å². The Bertz CT molecular complexity index is 1350. The van der Waals surface area contributed by atoms with Gasteiger partial charge in [-0.25, -0.2) is 14.2 Å². The Morgan fingerprint density at radius 3 is 2.75 bits per heavy atom. The summed E-state index contributed by atoms with van der Waals surface area (Å²) in [6, 6.07) is 3.41. The highest BCUT2D eigenvalue weighted by atomic mass is 35.5. The van der Waals surface area contributed by atoms with Crippen LogP contribution in [0.3, 0.4) is 0 Å². The van der Waals surface area contributed by atoms with Crippen molar-refractivity contribution in [2.75, 3.05) is 34.0 Å². The molecule has 1 aliphatic carbocycles. The smallest absolute Gasteiger partial charge is 0.338 e. The Morgan fingerprint density at radius 2 is 2.08 bits per heavy atom. The topological polar surface area (TPSA) is 102 Å². The van der Waals surface area contributed by atoms with E-state index in [1.807, 2.05) is 19.2 Å². The van der Waals surface area contributed by atoms with Gasteiger partial charge in [0.05, 0.1) is 38.9 Å². The van der Waals surface area contributed by atoms with E-state index in [-0.39, 0.29) is 34.4 Å². The van der Waals surface area contributed by atoms with Gasteiger partial charge in [0, 0.05) is 51.9 Å². The first-order valence-electron chi connectivity index (χ1n) is 13.3. The molecule has 4 aliphatic rings. The van der Waals surface area contributed by atoms with Gasteiger partial charge in [-0.2, -0.15) is 0 Å². The van der Waals surface area contributed by atoms with E-state index in [1.165, 1.54) is 43.8 Å². The predicted molar refractivity (Wildman–Crippen MR) is 149 cm³/mol. The van der Waals surface area contributed by atoms with Gasteiger partial charge in [0.2, 0.25) is 0 Å². The molecule has 1 aromatic carbocycles. The molecule has 4 heterocycles. The van der Waals surface area contributed by atoms with Crippen molar-refractivity contribution >= 4 is 40.7 Å². The molecule has 6 rings (SSSR count). The van der Waals surface area contributed by atoms with E-state index in [9.17, 15) is 14.0 Å². The molecule has 5 atom stereocenters. The number of amidine groups is 1. The van der Waals surface area contributed by atoms with Crippen molar-refractivity contribution in [1.82, 2.24) is 15.2 Å². The lowest BCUT2D eigenvalue weighted by Crippen LogP contribution is -2.69. The van der Waals surface area contributed by atoms with Gasteiger partial charge < -0.3 is 19.5 Å². The van der Waals surface area contributed by atoms with Crippen LogP contribution in [0.15, 0.2) is 46.0 Å². The molecule has 214 valence electrons. The van der Waals surface area contributed by atoms with Gasteiger partial charge in [-0.15, -0.1) is 11.3 Å². The lowest BCUT2D eigenvalue weighted by Gasteiger charge is -2.57. The molecule has 0 radical (unpaired) electrons. The quantitative estimate of drug-likeness (QED) is 0.501. The summed E-state index contributed by atoms with van der Waals surface area (Å²) < 4.78 is 30.0. The van der Waals surface area contributed by atoms with Gasteiger partial charge in [-0.1, -0.05) is 31.5 Å². The number of thiazole rings is 1. The summed E-state index contributed by atoms with van der Waals surface area (Å²) in [6.07, 6.45) is 3.06. The standard InChI is InChI=1S/C26H26ClFN4O5S.C2H6/c1-35-24(33)13-7-18-26(9-13)12-37-11-19(26)32(18)10-17-20(25(34)36-2)21(15-4-3-14(28)8-16(15)27)31-22(30-17)23-29-5-6-38-23;1-2/h3-6,8,13,18-19,21H,7,9-12H2,1-2H3,(H,30,31);1-2H3/t13?,18?,19?,21-,26?;/m0./s1. The van der Waals surface area contributed by atoms with E-state index in [4.69, 9.17) is 30.8 Å². The minimum absolute atomic E-state index is 0.0994. The first-order chi connectivity index (χ1) is 19.4. The number of halogens is 2. The van der Waals surface area contributed by atoms with Gasteiger partial charge in [-0.05, 0) is 25.0 Å². The fourth-order valence-electron chi connectivity index (χ4n) is 6.56. The lowest BCUT2D eigenvalue weighted by atomic mass is 9.68. The maximum atomic E-state index is 13.9. The van der Waals surface area contributed by atoms with Crippen LogP contribution in [0, 0.1) is 17.2 Å². The summed E-state index contributed by atoms with van der Waals surface area (Å²) in [5.74, 6) is -0.950. The second kappa shape index (κ2) is 11.6. The van der Waals surface area contributed by atoms with Crippen LogP contribution in [0.1, 0.15) is 43.3 Å². The molecular formula is C28H32ClFN4O5S. The Balaban J connectivity index is 0.00000158. The SMILES string of the molecule is CC.COC(=O)C1=C(CN2C3COCC34CC(C(=O)OC)CC24)NC(c2nccs2)=N[C@H]1c1ccc(F)cc1Cl. The molecule has 9 nitrogen and oxygen atoms in total. The predicted octanol–water partition coefficient (Wildman–Crippen LogP) is 4.13. The number of aromatic nitrogens is 1. The van der Waals surface area contributed by atoms with E-state index in [0.29, 0.717) is 53.9 Å². The second-order valence-electron chi connectivity index (χ2n) is 10.0. The number of nitrogens with zero attached hydrogens (tertiary/aromatic N) is 3. The van der Waals surface area contributed by atoms with E-state index in [0.717, 1.165) is 6.42 Å². The fourth-order valence-corrected chi connectivity index (χ4v) is 7.42. The van der Waals surface area contributed by atoms with Gasteiger partial charge in [0.1, 0.15) is 11.9 Å². The second-order valence-corrected chi connectivity index (χ2v) is 11.3. The summed E-state index contributed by atoms with van der Waals surface area (Å²) in [5.41, 5.74) is 1.27. The molecule has 0 amide bonds. The Kier molecular flexibility index (Phi) is 8.28. The number of carbonyl (C=O) groups is 2. The number of aliphatic imine (C=N–C) groups is 1. The average Bonchev–Trinajstić information content (AvgIpc) is 3.71. The Morgan fingerprint density at radius 1 is 1.27 bits per heavy atom. The molecule has 1 N–H and O–H groups in total. The van der Waals surface area contributed by atoms with Gasteiger partial charge in [0.25, 0.3) is 0 Å². The summed E-state index contributed by atoms with van der Waals surface area (Å²) in [6.45, 7) is 5.52. The fraction of sp³-hybridized carbons (Fsp3) is 0.500. The number of methoxy groups -OCH3 is 2. The monoisotopic (exact) mass is 590 g/mol. The van der Waals surface area contributed by atoms with Crippen molar-refractivity contribution in [2.24, 2.45) is 16.3 Å². The number of nitrogens with one attached hydrogen (secondary N) is 1. The molecule has 1 spiro atoms. The van der Waals surface area contributed by atoms with E-state index >= 15 is 0 Å². The van der Waals surface area contributed by atoms with Crippen LogP contribution in [0.25, 0.3) is 0 Å². The number of hydrogen-bond acceptors (Lipinski definition) is 10. The molecule has 3 fully saturated rings. The highest BCUT2D eigenvalue weighted by Crippen LogP contribution is 2.59. The van der Waals surface area contributed by atoms with E-state index in [2.05, 4.69) is 15.2 Å². The van der Waals surface area contributed by atoms with Crippen molar-refractivity contribution in [3.63, 3.8) is 0 Å². The molecule has 3 aliphatic heterocycles. The number of likely N-dealkylation sites (tertiary alicyclic amines) is 1. The van der Waals surface area contributed by atoms with Gasteiger partial charge in [0.15, 0.2) is 10.8 Å². The third-order valence-electron chi connectivity index (χ3n) is 8.21.